The van der Waals surface area contributed by atoms with Crippen molar-refractivity contribution in [2.24, 2.45) is 0 Å². The van der Waals surface area contributed by atoms with E-state index in [1.54, 1.807) is 0 Å². The summed E-state index contributed by atoms with van der Waals surface area (Å²) in [6.07, 6.45) is 4.93. The van der Waals surface area contributed by atoms with Crippen LogP contribution in [-0.2, 0) is 17.8 Å². The van der Waals surface area contributed by atoms with E-state index in [-0.39, 0.29) is 30.4 Å². The van der Waals surface area contributed by atoms with Crippen molar-refractivity contribution in [3.63, 3.8) is 0 Å². The zero-order valence-electron chi connectivity index (χ0n) is 8.77. The fraction of sp³-hybridized carbons (Fsp3) is 0.364. The van der Waals surface area contributed by atoms with E-state index < -0.39 is 5.97 Å². The summed E-state index contributed by atoms with van der Waals surface area (Å²) in [5.74, 6) is -0.774. The number of pyridine rings is 1. The Morgan fingerprint density at radius 1 is 1.56 bits per heavy atom. The van der Waals surface area contributed by atoms with Crippen molar-refractivity contribution >= 4 is 5.97 Å². The summed E-state index contributed by atoms with van der Waals surface area (Å²) in [5, 5.41) is 17.0. The fourth-order valence-corrected chi connectivity index (χ4v) is 1.32. The number of nitriles is 1. The SMILES string of the molecule is N#CCc1ccc[n+](CCCC(=O)O)c1.[I-]. The quantitative estimate of drug-likeness (QED) is 0.497. The van der Waals surface area contributed by atoms with Crippen LogP contribution in [0.25, 0.3) is 0 Å². The van der Waals surface area contributed by atoms with Gasteiger partial charge in [-0.2, -0.15) is 5.26 Å². The van der Waals surface area contributed by atoms with Crippen molar-refractivity contribution < 1.29 is 38.4 Å². The molecular formula is C11H13IN2O2. The van der Waals surface area contributed by atoms with Crippen molar-refractivity contribution in [2.75, 3.05) is 0 Å². The highest BCUT2D eigenvalue weighted by molar-refractivity contribution is 5.66. The molecule has 0 unspecified atom stereocenters. The number of carboxylic acids is 1. The summed E-state index contributed by atoms with van der Waals surface area (Å²) in [5.41, 5.74) is 0.954. The van der Waals surface area contributed by atoms with Gasteiger partial charge in [0.05, 0.1) is 18.9 Å². The van der Waals surface area contributed by atoms with Crippen LogP contribution in [-0.4, -0.2) is 11.1 Å². The highest BCUT2D eigenvalue weighted by Crippen LogP contribution is 1.95. The maximum absolute atomic E-state index is 10.3. The molecule has 0 aromatic carbocycles. The third kappa shape index (κ3) is 5.66. The number of carboxylic acid groups (broad SMARTS) is 1. The van der Waals surface area contributed by atoms with Crippen LogP contribution in [0.5, 0.6) is 0 Å². The second-order valence-electron chi connectivity index (χ2n) is 3.28. The third-order valence-electron chi connectivity index (χ3n) is 2.01. The van der Waals surface area contributed by atoms with E-state index in [1.165, 1.54) is 0 Å². The molecule has 0 aliphatic heterocycles. The van der Waals surface area contributed by atoms with Gasteiger partial charge in [0.1, 0.15) is 6.54 Å². The van der Waals surface area contributed by atoms with Gasteiger partial charge in [0.2, 0.25) is 0 Å². The molecule has 1 aromatic heterocycles. The minimum absolute atomic E-state index is 0. The minimum Gasteiger partial charge on any atom is -1.00 e. The number of hydrogen-bond acceptors (Lipinski definition) is 2. The largest absolute Gasteiger partial charge is 1.00 e. The van der Waals surface area contributed by atoms with Gasteiger partial charge in [0.15, 0.2) is 12.4 Å². The van der Waals surface area contributed by atoms with E-state index in [0.29, 0.717) is 19.4 Å². The molecule has 5 heteroatoms. The molecule has 0 aliphatic rings. The number of rotatable bonds is 5. The zero-order chi connectivity index (χ0) is 11.1. The number of nitrogens with zero attached hydrogens (tertiary/aromatic N) is 2. The summed E-state index contributed by atoms with van der Waals surface area (Å²) in [7, 11) is 0. The first-order valence-corrected chi connectivity index (χ1v) is 4.79. The monoisotopic (exact) mass is 332 g/mol. The summed E-state index contributed by atoms with van der Waals surface area (Å²) in [4.78, 5) is 10.3. The summed E-state index contributed by atoms with van der Waals surface area (Å²) >= 11 is 0. The standard InChI is InChI=1S/C11H12N2O2.HI/c12-6-5-10-3-1-7-13(9-10)8-2-4-11(14)15;/h1,3,7,9H,2,4-5,8H2;1H. The molecule has 1 rings (SSSR count). The van der Waals surface area contributed by atoms with Gasteiger partial charge in [-0.25, -0.2) is 4.57 Å². The molecule has 1 heterocycles. The number of aromatic nitrogens is 1. The van der Waals surface area contributed by atoms with Crippen LogP contribution >= 0.6 is 0 Å². The first kappa shape index (κ1) is 14.8. The molecule has 0 radical (unpaired) electrons. The van der Waals surface area contributed by atoms with Crippen LogP contribution in [0.2, 0.25) is 0 Å². The Labute approximate surface area is 112 Å². The van der Waals surface area contributed by atoms with Gasteiger partial charge < -0.3 is 29.1 Å². The molecule has 16 heavy (non-hydrogen) atoms. The Bertz CT molecular complexity index is 388. The minimum atomic E-state index is -0.774. The molecule has 0 saturated carbocycles. The van der Waals surface area contributed by atoms with E-state index >= 15 is 0 Å². The van der Waals surface area contributed by atoms with Gasteiger partial charge in [-0.1, -0.05) is 0 Å². The van der Waals surface area contributed by atoms with Crippen LogP contribution in [0.1, 0.15) is 18.4 Å². The summed E-state index contributed by atoms with van der Waals surface area (Å²) < 4.78 is 1.91. The number of aryl methyl sites for hydroxylation is 1. The Morgan fingerprint density at radius 3 is 2.94 bits per heavy atom. The molecule has 0 aliphatic carbocycles. The van der Waals surface area contributed by atoms with Crippen molar-refractivity contribution in [3.05, 3.63) is 30.1 Å². The average Bonchev–Trinajstić information content (AvgIpc) is 2.18. The highest BCUT2D eigenvalue weighted by Gasteiger charge is 2.04. The Morgan fingerprint density at radius 2 is 2.31 bits per heavy atom. The topological polar surface area (TPSA) is 65.0 Å². The number of hydrogen-bond donors (Lipinski definition) is 1. The lowest BCUT2D eigenvalue weighted by Crippen LogP contribution is -3.00. The van der Waals surface area contributed by atoms with Gasteiger partial charge >= 0.3 is 5.97 Å². The smallest absolute Gasteiger partial charge is 0.303 e. The molecule has 0 amide bonds. The van der Waals surface area contributed by atoms with Crippen LogP contribution in [0.4, 0.5) is 0 Å². The predicted molar refractivity (Wildman–Crippen MR) is 52.8 cm³/mol. The number of aliphatic carboxylic acids is 1. The Kier molecular flexibility index (Phi) is 7.46. The Hall–Kier alpha value is -1.16. The molecule has 0 spiro atoms. The lowest BCUT2D eigenvalue weighted by atomic mass is 10.2. The lowest BCUT2D eigenvalue weighted by Gasteiger charge is -1.96. The first-order chi connectivity index (χ1) is 7.22. The molecule has 0 saturated heterocycles. The van der Waals surface area contributed by atoms with Crippen LogP contribution in [0, 0.1) is 11.3 Å². The summed E-state index contributed by atoms with van der Waals surface area (Å²) in [6.45, 7) is 0.672. The van der Waals surface area contributed by atoms with Crippen LogP contribution in [0.3, 0.4) is 0 Å². The van der Waals surface area contributed by atoms with E-state index in [1.807, 2.05) is 29.1 Å². The van der Waals surface area contributed by atoms with Crippen LogP contribution < -0.4 is 28.5 Å². The van der Waals surface area contributed by atoms with E-state index in [4.69, 9.17) is 10.4 Å². The predicted octanol–water partition coefficient (Wildman–Crippen LogP) is -2.09. The number of halogens is 1. The first-order valence-electron chi connectivity index (χ1n) is 4.79. The molecule has 86 valence electrons. The fourth-order valence-electron chi connectivity index (χ4n) is 1.32. The second-order valence-corrected chi connectivity index (χ2v) is 3.28. The molecule has 0 atom stereocenters. The van der Waals surface area contributed by atoms with Gasteiger partial charge in [0.25, 0.3) is 0 Å². The van der Waals surface area contributed by atoms with Crippen LogP contribution in [0.15, 0.2) is 24.5 Å². The van der Waals surface area contributed by atoms with Crippen molar-refractivity contribution in [1.82, 2.24) is 0 Å². The molecule has 1 aromatic rings. The molecular weight excluding hydrogens is 319 g/mol. The molecule has 4 nitrogen and oxygen atoms in total. The van der Waals surface area contributed by atoms with E-state index in [9.17, 15) is 4.79 Å². The zero-order valence-corrected chi connectivity index (χ0v) is 10.9. The normalized spacial score (nSPS) is 8.94. The van der Waals surface area contributed by atoms with Crippen molar-refractivity contribution in [3.8, 4) is 6.07 Å². The van der Waals surface area contributed by atoms with Gasteiger partial charge in [-0.3, -0.25) is 4.79 Å². The van der Waals surface area contributed by atoms with Gasteiger partial charge in [-0.15, -0.1) is 0 Å². The molecule has 0 fully saturated rings. The van der Waals surface area contributed by atoms with Gasteiger partial charge in [0, 0.05) is 18.1 Å². The molecule has 0 bridgehead atoms. The van der Waals surface area contributed by atoms with Crippen molar-refractivity contribution in [1.29, 1.82) is 5.26 Å². The maximum atomic E-state index is 10.3. The molecule has 1 N–H and O–H groups in total. The van der Waals surface area contributed by atoms with Crippen molar-refractivity contribution in [2.45, 2.75) is 25.8 Å². The van der Waals surface area contributed by atoms with E-state index in [0.717, 1.165) is 5.56 Å². The third-order valence-corrected chi connectivity index (χ3v) is 2.01. The lowest BCUT2D eigenvalue weighted by molar-refractivity contribution is -0.697. The number of carbonyl (C=O) groups is 1. The summed E-state index contributed by atoms with van der Waals surface area (Å²) in [6, 6.07) is 5.83. The highest BCUT2D eigenvalue weighted by atomic mass is 127. The van der Waals surface area contributed by atoms with Gasteiger partial charge in [-0.05, 0) is 6.07 Å². The Balaban J connectivity index is 0.00000225. The van der Waals surface area contributed by atoms with E-state index in [2.05, 4.69) is 6.07 Å². The maximum Gasteiger partial charge on any atom is 0.303 e. The average molecular weight is 332 g/mol. The second kappa shape index (κ2) is 8.05.